The Hall–Kier alpha value is -4.14. The largest absolute Gasteiger partial charge is 0.432 e. The van der Waals surface area contributed by atoms with Gasteiger partial charge < -0.3 is 24.5 Å². The number of para-hydroxylation sites is 3. The van der Waals surface area contributed by atoms with Crippen LogP contribution in [0.15, 0.2) is 59.0 Å². The van der Waals surface area contributed by atoms with E-state index in [2.05, 4.69) is 15.3 Å². The maximum Gasteiger partial charge on any atom is 0.310 e. The molecule has 6 rings (SSSR count). The van der Waals surface area contributed by atoms with Gasteiger partial charge in [-0.05, 0) is 36.1 Å². The highest BCUT2D eigenvalue weighted by Crippen LogP contribution is 2.34. The number of carbonyl (C=O) groups excluding carboxylic acids is 3. The summed E-state index contributed by atoms with van der Waals surface area (Å²) in [6, 6.07) is 15.8. The molecular weight excluding hydrogens is 470 g/mol. The van der Waals surface area contributed by atoms with Gasteiger partial charge in [0.05, 0.1) is 12.1 Å². The fraction of sp³-hybridized carbons (Fsp3) is 0.357. The van der Waals surface area contributed by atoms with Crippen LogP contribution >= 0.6 is 0 Å². The lowest BCUT2D eigenvalue weighted by Crippen LogP contribution is -2.59. The molecule has 2 N–H and O–H groups in total. The van der Waals surface area contributed by atoms with Crippen molar-refractivity contribution in [3.05, 3.63) is 66.2 Å². The smallest absolute Gasteiger partial charge is 0.310 e. The average Bonchev–Trinajstić information content (AvgIpc) is 3.66. The molecule has 0 aliphatic carbocycles. The van der Waals surface area contributed by atoms with Crippen LogP contribution in [0.1, 0.15) is 48.4 Å². The minimum absolute atomic E-state index is 0.0739. The number of amides is 3. The van der Waals surface area contributed by atoms with Crippen molar-refractivity contribution in [1.82, 2.24) is 25.1 Å². The number of aromatic amines is 1. The molecule has 3 amide bonds. The van der Waals surface area contributed by atoms with Crippen LogP contribution in [0, 0.1) is 5.41 Å². The maximum atomic E-state index is 13.8. The molecule has 4 aromatic rings. The first kappa shape index (κ1) is 23.3. The van der Waals surface area contributed by atoms with E-state index in [1.54, 1.807) is 17.0 Å². The van der Waals surface area contributed by atoms with Gasteiger partial charge in [-0.2, -0.15) is 0 Å². The predicted molar refractivity (Wildman–Crippen MR) is 138 cm³/mol. The summed E-state index contributed by atoms with van der Waals surface area (Å²) in [5.41, 5.74) is 2.00. The minimum Gasteiger partial charge on any atom is -0.432 e. The van der Waals surface area contributed by atoms with Crippen LogP contribution in [-0.4, -0.2) is 68.7 Å². The van der Waals surface area contributed by atoms with Crippen LogP contribution in [0.25, 0.3) is 22.0 Å². The number of rotatable bonds is 4. The molecule has 4 heterocycles. The number of fused-ring (bicyclic) bond motifs is 4. The van der Waals surface area contributed by atoms with Crippen molar-refractivity contribution in [2.24, 2.45) is 5.41 Å². The van der Waals surface area contributed by atoms with Crippen LogP contribution in [-0.2, 0) is 4.79 Å². The molecular formula is C28H29N5O4. The number of nitrogens with one attached hydrogen (secondary N) is 2. The van der Waals surface area contributed by atoms with Gasteiger partial charge in [-0.1, -0.05) is 51.1 Å². The number of nitrogens with zero attached hydrogens (tertiary/aromatic N) is 3. The number of benzene rings is 2. The highest BCUT2D eigenvalue weighted by Gasteiger charge is 2.50. The maximum absolute atomic E-state index is 13.8. The van der Waals surface area contributed by atoms with Crippen molar-refractivity contribution in [1.29, 1.82) is 0 Å². The topological polar surface area (TPSA) is 112 Å². The van der Waals surface area contributed by atoms with Crippen molar-refractivity contribution >= 4 is 39.7 Å². The van der Waals surface area contributed by atoms with Gasteiger partial charge in [-0.15, -0.1) is 0 Å². The van der Waals surface area contributed by atoms with Gasteiger partial charge in [0.15, 0.2) is 5.58 Å². The average molecular weight is 500 g/mol. The number of carbonyl (C=O) groups is 3. The second kappa shape index (κ2) is 8.47. The Morgan fingerprint density at radius 2 is 1.73 bits per heavy atom. The number of hydrogen-bond acceptors (Lipinski definition) is 5. The number of piperazine rings is 1. The highest BCUT2D eigenvalue weighted by molar-refractivity contribution is 6.00. The Labute approximate surface area is 213 Å². The summed E-state index contributed by atoms with van der Waals surface area (Å²) in [4.78, 5) is 51.1. The molecule has 190 valence electrons. The van der Waals surface area contributed by atoms with E-state index < -0.39 is 11.5 Å². The Morgan fingerprint density at radius 3 is 2.43 bits per heavy atom. The molecule has 2 aliphatic heterocycles. The summed E-state index contributed by atoms with van der Waals surface area (Å²) < 4.78 is 5.68. The highest BCUT2D eigenvalue weighted by atomic mass is 16.4. The van der Waals surface area contributed by atoms with E-state index in [1.807, 2.05) is 68.1 Å². The van der Waals surface area contributed by atoms with Gasteiger partial charge in [-0.3, -0.25) is 14.4 Å². The number of likely N-dealkylation sites (tertiary alicyclic amines) is 2. The second-order valence-corrected chi connectivity index (χ2v) is 11.0. The predicted octanol–water partition coefficient (Wildman–Crippen LogP) is 3.58. The Morgan fingerprint density at radius 1 is 1.03 bits per heavy atom. The Bertz CT molecular complexity index is 1460. The SMILES string of the molecule is CC(C)(C)C(NC(=O)c1cc2ccccc2[nH]1)C(=O)N1CC2CC1CN2C(=O)c1nc2ccccc2o1. The van der Waals surface area contributed by atoms with Crippen LogP contribution in [0.2, 0.25) is 0 Å². The first-order valence-electron chi connectivity index (χ1n) is 12.5. The molecule has 0 saturated carbocycles. The summed E-state index contributed by atoms with van der Waals surface area (Å²) in [6.45, 7) is 6.67. The van der Waals surface area contributed by atoms with Gasteiger partial charge >= 0.3 is 5.91 Å². The normalized spacial score (nSPS) is 20.1. The van der Waals surface area contributed by atoms with Crippen molar-refractivity contribution in [3.8, 4) is 0 Å². The molecule has 2 fully saturated rings. The lowest BCUT2D eigenvalue weighted by molar-refractivity contribution is -0.138. The van der Waals surface area contributed by atoms with E-state index in [0.29, 0.717) is 36.3 Å². The minimum atomic E-state index is -0.716. The first-order valence-corrected chi connectivity index (χ1v) is 12.5. The van der Waals surface area contributed by atoms with E-state index in [1.165, 1.54) is 0 Å². The van der Waals surface area contributed by atoms with Crippen LogP contribution in [0.4, 0.5) is 0 Å². The van der Waals surface area contributed by atoms with E-state index in [0.717, 1.165) is 10.9 Å². The molecule has 2 aromatic carbocycles. The molecule has 2 saturated heterocycles. The van der Waals surface area contributed by atoms with E-state index in [9.17, 15) is 14.4 Å². The zero-order valence-corrected chi connectivity index (χ0v) is 21.0. The Balaban J connectivity index is 1.17. The first-order chi connectivity index (χ1) is 17.7. The molecule has 2 aromatic heterocycles. The molecule has 37 heavy (non-hydrogen) atoms. The summed E-state index contributed by atoms with van der Waals surface area (Å²) in [6.07, 6.45) is 0.699. The molecule has 3 unspecified atom stereocenters. The number of hydrogen-bond donors (Lipinski definition) is 2. The van der Waals surface area contributed by atoms with Crippen molar-refractivity contribution in [2.45, 2.75) is 45.3 Å². The van der Waals surface area contributed by atoms with Gasteiger partial charge in [-0.25, -0.2) is 4.98 Å². The molecule has 2 bridgehead atoms. The van der Waals surface area contributed by atoms with Crippen LogP contribution < -0.4 is 5.32 Å². The fourth-order valence-corrected chi connectivity index (χ4v) is 5.49. The van der Waals surface area contributed by atoms with Gasteiger partial charge in [0, 0.05) is 24.0 Å². The van der Waals surface area contributed by atoms with Crippen molar-refractivity contribution < 1.29 is 18.8 Å². The molecule has 0 spiro atoms. The summed E-state index contributed by atoms with van der Waals surface area (Å²) in [7, 11) is 0. The third-order valence-corrected chi connectivity index (χ3v) is 7.42. The van der Waals surface area contributed by atoms with Crippen molar-refractivity contribution in [2.75, 3.05) is 13.1 Å². The second-order valence-electron chi connectivity index (χ2n) is 11.0. The molecule has 2 aliphatic rings. The Kier molecular flexibility index (Phi) is 5.33. The van der Waals surface area contributed by atoms with Crippen molar-refractivity contribution in [3.63, 3.8) is 0 Å². The van der Waals surface area contributed by atoms with Gasteiger partial charge in [0.25, 0.3) is 11.8 Å². The summed E-state index contributed by atoms with van der Waals surface area (Å²) >= 11 is 0. The standard InChI is InChI=1S/C28H29N5O4/c1-28(2,3)23(31-24(34)21-12-16-8-4-5-9-19(16)29-21)26(35)32-14-18-13-17(32)15-33(18)27(36)25-30-20-10-6-7-11-22(20)37-25/h4-12,17-18,23,29H,13-15H2,1-3H3,(H,31,34). The lowest BCUT2D eigenvalue weighted by Gasteiger charge is -2.39. The quantitative estimate of drug-likeness (QED) is 0.446. The van der Waals surface area contributed by atoms with Crippen LogP contribution in [0.5, 0.6) is 0 Å². The molecule has 3 atom stereocenters. The molecule has 0 radical (unpaired) electrons. The third kappa shape index (κ3) is 4.04. The summed E-state index contributed by atoms with van der Waals surface area (Å²) in [5, 5.41) is 3.92. The molecule has 9 nitrogen and oxygen atoms in total. The zero-order chi connectivity index (χ0) is 25.9. The monoisotopic (exact) mass is 499 g/mol. The number of H-pyrrole nitrogens is 1. The van der Waals surface area contributed by atoms with Gasteiger partial charge in [0.1, 0.15) is 17.3 Å². The lowest BCUT2D eigenvalue weighted by atomic mass is 9.85. The summed E-state index contributed by atoms with van der Waals surface area (Å²) in [5.74, 6) is -0.625. The van der Waals surface area contributed by atoms with E-state index >= 15 is 0 Å². The number of aromatic nitrogens is 2. The fourth-order valence-electron chi connectivity index (χ4n) is 5.49. The van der Waals surface area contributed by atoms with E-state index in [4.69, 9.17) is 4.42 Å². The third-order valence-electron chi connectivity index (χ3n) is 7.42. The number of oxazole rings is 1. The van der Waals surface area contributed by atoms with E-state index in [-0.39, 0.29) is 35.7 Å². The van der Waals surface area contributed by atoms with Crippen LogP contribution in [0.3, 0.4) is 0 Å². The van der Waals surface area contributed by atoms with Gasteiger partial charge in [0.2, 0.25) is 5.91 Å². The molecule has 9 heteroatoms. The zero-order valence-electron chi connectivity index (χ0n) is 21.0.